The Bertz CT molecular complexity index is 811. The molecule has 6 nitrogen and oxygen atoms in total. The van der Waals surface area contributed by atoms with E-state index in [1.165, 1.54) is 6.54 Å². The number of aromatic nitrogens is 1. The maximum absolute atomic E-state index is 12.5. The lowest BCUT2D eigenvalue weighted by atomic mass is 9.98. The summed E-state index contributed by atoms with van der Waals surface area (Å²) in [5.74, 6) is 1.67. The normalized spacial score (nSPS) is 18.3. The molecular weight excluding hydrogens is 376 g/mol. The number of hydrogen-bond donors (Lipinski definition) is 1. The SMILES string of the molecule is CC(C)CN1CCC(Oc2ccc(NC(=O)C3CN(c4cccnc4)C3)cc2)CC1. The van der Waals surface area contributed by atoms with Crippen LogP contribution in [0.15, 0.2) is 48.8 Å². The van der Waals surface area contributed by atoms with Gasteiger partial charge in [0.2, 0.25) is 5.91 Å². The average molecular weight is 409 g/mol. The zero-order valence-corrected chi connectivity index (χ0v) is 18.0. The van der Waals surface area contributed by atoms with Gasteiger partial charge in [-0.3, -0.25) is 9.78 Å². The molecule has 1 amide bonds. The highest BCUT2D eigenvalue weighted by Crippen LogP contribution is 2.26. The van der Waals surface area contributed by atoms with Gasteiger partial charge in [-0.2, -0.15) is 0 Å². The number of carbonyl (C=O) groups excluding carboxylic acids is 1. The minimum Gasteiger partial charge on any atom is -0.490 e. The van der Waals surface area contributed by atoms with Crippen molar-refractivity contribution in [2.45, 2.75) is 32.8 Å². The molecule has 1 N–H and O–H groups in total. The highest BCUT2D eigenvalue weighted by atomic mass is 16.5. The third-order valence-electron chi connectivity index (χ3n) is 5.85. The first-order chi connectivity index (χ1) is 14.6. The molecule has 2 aliphatic rings. The van der Waals surface area contributed by atoms with Crippen LogP contribution in [0.2, 0.25) is 0 Å². The van der Waals surface area contributed by atoms with Crippen LogP contribution in [0.5, 0.6) is 5.75 Å². The van der Waals surface area contributed by atoms with Crippen LogP contribution < -0.4 is 15.0 Å². The second-order valence-corrected chi connectivity index (χ2v) is 8.84. The van der Waals surface area contributed by atoms with E-state index in [1.54, 1.807) is 6.20 Å². The second-order valence-electron chi connectivity index (χ2n) is 8.84. The van der Waals surface area contributed by atoms with Gasteiger partial charge >= 0.3 is 0 Å². The Morgan fingerprint density at radius 3 is 2.53 bits per heavy atom. The molecule has 3 heterocycles. The summed E-state index contributed by atoms with van der Waals surface area (Å²) in [5.41, 5.74) is 1.89. The van der Waals surface area contributed by atoms with Crippen molar-refractivity contribution in [2.75, 3.05) is 42.9 Å². The largest absolute Gasteiger partial charge is 0.490 e. The Morgan fingerprint density at radius 2 is 1.90 bits per heavy atom. The molecule has 30 heavy (non-hydrogen) atoms. The maximum Gasteiger partial charge on any atom is 0.231 e. The molecule has 2 fully saturated rings. The van der Waals surface area contributed by atoms with E-state index in [4.69, 9.17) is 4.74 Å². The highest BCUT2D eigenvalue weighted by Gasteiger charge is 2.32. The van der Waals surface area contributed by atoms with Crippen molar-refractivity contribution >= 4 is 17.3 Å². The van der Waals surface area contributed by atoms with Gasteiger partial charge in [0.05, 0.1) is 17.8 Å². The third kappa shape index (κ3) is 5.30. The van der Waals surface area contributed by atoms with Crippen LogP contribution in [0.1, 0.15) is 26.7 Å². The van der Waals surface area contributed by atoms with Gasteiger partial charge in [0, 0.05) is 44.6 Å². The fraction of sp³-hybridized carbons (Fsp3) is 0.500. The van der Waals surface area contributed by atoms with Gasteiger partial charge in [0.15, 0.2) is 0 Å². The number of benzene rings is 1. The minimum atomic E-state index is 0.0113. The van der Waals surface area contributed by atoms with E-state index in [2.05, 4.69) is 33.9 Å². The monoisotopic (exact) mass is 408 g/mol. The minimum absolute atomic E-state index is 0.0113. The van der Waals surface area contributed by atoms with E-state index in [0.29, 0.717) is 5.92 Å². The van der Waals surface area contributed by atoms with Crippen LogP contribution in [-0.4, -0.2) is 54.6 Å². The summed E-state index contributed by atoms with van der Waals surface area (Å²) in [7, 11) is 0. The van der Waals surface area contributed by atoms with Crippen LogP contribution in [0, 0.1) is 11.8 Å². The molecule has 0 spiro atoms. The lowest BCUT2D eigenvalue weighted by Crippen LogP contribution is -2.52. The number of ether oxygens (including phenoxy) is 1. The van der Waals surface area contributed by atoms with E-state index < -0.39 is 0 Å². The Hall–Kier alpha value is -2.60. The molecule has 2 aliphatic heterocycles. The van der Waals surface area contributed by atoms with Crippen molar-refractivity contribution in [1.82, 2.24) is 9.88 Å². The van der Waals surface area contributed by atoms with E-state index in [0.717, 1.165) is 56.1 Å². The number of anilines is 2. The fourth-order valence-corrected chi connectivity index (χ4v) is 4.18. The maximum atomic E-state index is 12.5. The van der Waals surface area contributed by atoms with Gasteiger partial charge in [0.25, 0.3) is 0 Å². The summed E-state index contributed by atoms with van der Waals surface area (Å²) in [5, 5.41) is 3.03. The first-order valence-corrected chi connectivity index (χ1v) is 11.0. The lowest BCUT2D eigenvalue weighted by Gasteiger charge is -2.39. The van der Waals surface area contributed by atoms with Crippen molar-refractivity contribution in [1.29, 1.82) is 0 Å². The molecule has 160 valence electrons. The molecule has 0 bridgehead atoms. The van der Waals surface area contributed by atoms with Crippen LogP contribution >= 0.6 is 0 Å². The number of rotatable bonds is 7. The van der Waals surface area contributed by atoms with Gasteiger partial charge in [-0.15, -0.1) is 0 Å². The van der Waals surface area contributed by atoms with Gasteiger partial charge < -0.3 is 19.9 Å². The zero-order chi connectivity index (χ0) is 20.9. The molecular formula is C24H32N4O2. The Morgan fingerprint density at radius 1 is 1.17 bits per heavy atom. The van der Waals surface area contributed by atoms with Crippen LogP contribution in [0.4, 0.5) is 11.4 Å². The zero-order valence-electron chi connectivity index (χ0n) is 18.0. The summed E-state index contributed by atoms with van der Waals surface area (Å²) < 4.78 is 6.16. The van der Waals surface area contributed by atoms with E-state index >= 15 is 0 Å². The van der Waals surface area contributed by atoms with Crippen molar-refractivity contribution in [3.8, 4) is 5.75 Å². The smallest absolute Gasteiger partial charge is 0.231 e. The summed E-state index contributed by atoms with van der Waals surface area (Å²) in [6.07, 6.45) is 6.01. The van der Waals surface area contributed by atoms with Crippen molar-refractivity contribution in [3.63, 3.8) is 0 Å². The number of piperidine rings is 1. The van der Waals surface area contributed by atoms with E-state index in [-0.39, 0.29) is 17.9 Å². The molecule has 6 heteroatoms. The molecule has 4 rings (SSSR count). The van der Waals surface area contributed by atoms with Gasteiger partial charge in [-0.1, -0.05) is 13.8 Å². The summed E-state index contributed by atoms with van der Waals surface area (Å²) in [4.78, 5) is 21.3. The van der Waals surface area contributed by atoms with Crippen LogP contribution in [0.25, 0.3) is 0 Å². The molecule has 1 aromatic carbocycles. The van der Waals surface area contributed by atoms with Crippen molar-refractivity contribution < 1.29 is 9.53 Å². The molecule has 0 unspecified atom stereocenters. The van der Waals surface area contributed by atoms with Crippen LogP contribution in [0.3, 0.4) is 0 Å². The third-order valence-corrected chi connectivity index (χ3v) is 5.85. The molecule has 2 saturated heterocycles. The second kappa shape index (κ2) is 9.47. The van der Waals surface area contributed by atoms with Gasteiger partial charge in [-0.05, 0) is 55.2 Å². The predicted octanol–water partition coefficient (Wildman–Crippen LogP) is 3.66. The molecule has 0 saturated carbocycles. The first kappa shape index (κ1) is 20.7. The van der Waals surface area contributed by atoms with Crippen LogP contribution in [-0.2, 0) is 4.79 Å². The number of likely N-dealkylation sites (tertiary alicyclic amines) is 1. The number of hydrogen-bond acceptors (Lipinski definition) is 5. The number of amides is 1. The van der Waals surface area contributed by atoms with E-state index in [1.807, 2.05) is 42.6 Å². The van der Waals surface area contributed by atoms with Gasteiger partial charge in [-0.25, -0.2) is 0 Å². The average Bonchev–Trinajstić information content (AvgIpc) is 2.70. The molecule has 1 aromatic heterocycles. The van der Waals surface area contributed by atoms with Gasteiger partial charge in [0.1, 0.15) is 11.9 Å². The van der Waals surface area contributed by atoms with Crippen molar-refractivity contribution in [3.05, 3.63) is 48.8 Å². The Kier molecular flexibility index (Phi) is 6.53. The predicted molar refractivity (Wildman–Crippen MR) is 120 cm³/mol. The number of carbonyl (C=O) groups is 1. The quantitative estimate of drug-likeness (QED) is 0.758. The van der Waals surface area contributed by atoms with Crippen molar-refractivity contribution in [2.24, 2.45) is 11.8 Å². The molecule has 0 radical (unpaired) electrons. The first-order valence-electron chi connectivity index (χ1n) is 11.0. The molecule has 2 aromatic rings. The number of nitrogens with zero attached hydrogens (tertiary/aromatic N) is 3. The Balaban J connectivity index is 1.20. The molecule has 0 aliphatic carbocycles. The summed E-state index contributed by atoms with van der Waals surface area (Å²) in [6.45, 7) is 9.38. The number of pyridine rings is 1. The lowest BCUT2D eigenvalue weighted by molar-refractivity contribution is -0.120. The topological polar surface area (TPSA) is 57.7 Å². The highest BCUT2D eigenvalue weighted by molar-refractivity contribution is 5.94. The number of nitrogens with one attached hydrogen (secondary N) is 1. The van der Waals surface area contributed by atoms with E-state index in [9.17, 15) is 4.79 Å². The fourth-order valence-electron chi connectivity index (χ4n) is 4.18. The summed E-state index contributed by atoms with van der Waals surface area (Å²) in [6, 6.07) is 11.7. The molecule has 0 atom stereocenters. The Labute approximate surface area is 179 Å². The summed E-state index contributed by atoms with van der Waals surface area (Å²) >= 11 is 0. The standard InChI is InChI=1S/C24H32N4O2/c1-18(2)15-27-12-9-23(10-13-27)30-22-7-5-20(6-8-22)26-24(29)19-16-28(17-19)21-4-3-11-25-14-21/h3-8,11,14,18-19,23H,9-10,12-13,15-17H2,1-2H3,(H,26,29).